The molecule has 16 heavy (non-hydrogen) atoms. The van der Waals surface area contributed by atoms with E-state index in [4.69, 9.17) is 11.6 Å². The van der Waals surface area contributed by atoms with Gasteiger partial charge in [-0.1, -0.05) is 25.4 Å². The topological polar surface area (TPSA) is 33.2 Å². The van der Waals surface area contributed by atoms with Crippen LogP contribution in [0.3, 0.4) is 0 Å². The normalized spacial score (nSPS) is 10.6. The fourth-order valence-electron chi connectivity index (χ4n) is 1.52. The highest BCUT2D eigenvalue weighted by Crippen LogP contribution is 2.17. The second kappa shape index (κ2) is 5.30. The first kappa shape index (κ1) is 13.0. The maximum atomic E-state index is 12.0. The SMILES string of the molecule is Cc1cc(Cl)c(C(=O)N(C)CC(C)C)cn1. The van der Waals surface area contributed by atoms with E-state index in [-0.39, 0.29) is 5.91 Å². The fraction of sp³-hybridized carbons (Fsp3) is 0.500. The number of carbonyl (C=O) groups is 1. The van der Waals surface area contributed by atoms with Gasteiger partial charge in [-0.05, 0) is 18.9 Å². The average Bonchev–Trinajstić information content (AvgIpc) is 2.15. The van der Waals surface area contributed by atoms with Crippen LogP contribution in [-0.2, 0) is 0 Å². The van der Waals surface area contributed by atoms with Crippen molar-refractivity contribution in [3.63, 3.8) is 0 Å². The van der Waals surface area contributed by atoms with Crippen molar-refractivity contribution in [2.24, 2.45) is 5.92 Å². The Kier molecular flexibility index (Phi) is 4.30. The van der Waals surface area contributed by atoms with Gasteiger partial charge in [-0.2, -0.15) is 0 Å². The standard InChI is InChI=1S/C12H17ClN2O/c1-8(2)7-15(4)12(16)10-6-14-9(3)5-11(10)13/h5-6,8H,7H2,1-4H3. The van der Waals surface area contributed by atoms with Crippen LogP contribution < -0.4 is 0 Å². The molecule has 1 aromatic rings. The summed E-state index contributed by atoms with van der Waals surface area (Å²) in [7, 11) is 1.78. The van der Waals surface area contributed by atoms with Gasteiger partial charge in [0.2, 0.25) is 0 Å². The largest absolute Gasteiger partial charge is 0.341 e. The Morgan fingerprint density at radius 1 is 1.56 bits per heavy atom. The molecule has 4 heteroatoms. The van der Waals surface area contributed by atoms with Gasteiger partial charge in [0.1, 0.15) is 0 Å². The second-order valence-electron chi connectivity index (χ2n) is 4.39. The first-order valence-corrected chi connectivity index (χ1v) is 5.67. The number of nitrogens with zero attached hydrogens (tertiary/aromatic N) is 2. The molecule has 1 heterocycles. The van der Waals surface area contributed by atoms with Crippen LogP contribution >= 0.6 is 11.6 Å². The van der Waals surface area contributed by atoms with Crippen LogP contribution in [0, 0.1) is 12.8 Å². The van der Waals surface area contributed by atoms with Crippen molar-refractivity contribution in [1.29, 1.82) is 0 Å². The fourth-order valence-corrected chi connectivity index (χ4v) is 1.81. The van der Waals surface area contributed by atoms with Crippen molar-refractivity contribution in [2.75, 3.05) is 13.6 Å². The molecule has 0 radical (unpaired) electrons. The molecule has 1 aromatic heterocycles. The number of hydrogen-bond acceptors (Lipinski definition) is 2. The predicted molar refractivity (Wildman–Crippen MR) is 65.8 cm³/mol. The van der Waals surface area contributed by atoms with Gasteiger partial charge in [0.05, 0.1) is 10.6 Å². The monoisotopic (exact) mass is 240 g/mol. The molecule has 0 fully saturated rings. The van der Waals surface area contributed by atoms with Crippen molar-refractivity contribution in [2.45, 2.75) is 20.8 Å². The maximum Gasteiger partial charge on any atom is 0.256 e. The van der Waals surface area contributed by atoms with E-state index in [9.17, 15) is 4.79 Å². The van der Waals surface area contributed by atoms with Gasteiger partial charge in [0.25, 0.3) is 5.91 Å². The molecule has 1 amide bonds. The number of aryl methyl sites for hydroxylation is 1. The summed E-state index contributed by atoms with van der Waals surface area (Å²) < 4.78 is 0. The summed E-state index contributed by atoms with van der Waals surface area (Å²) in [6, 6.07) is 1.71. The molecule has 0 N–H and O–H groups in total. The van der Waals surface area contributed by atoms with Crippen LogP contribution in [0.15, 0.2) is 12.3 Å². The lowest BCUT2D eigenvalue weighted by atomic mass is 10.2. The van der Waals surface area contributed by atoms with Gasteiger partial charge in [-0.25, -0.2) is 0 Å². The molecule has 1 rings (SSSR count). The highest BCUT2D eigenvalue weighted by Gasteiger charge is 2.16. The lowest BCUT2D eigenvalue weighted by Crippen LogP contribution is -2.30. The minimum absolute atomic E-state index is 0.0776. The van der Waals surface area contributed by atoms with E-state index in [0.717, 1.165) is 5.69 Å². The van der Waals surface area contributed by atoms with E-state index in [1.165, 1.54) is 6.20 Å². The summed E-state index contributed by atoms with van der Waals surface area (Å²) in [4.78, 5) is 17.8. The second-order valence-corrected chi connectivity index (χ2v) is 4.79. The number of amides is 1. The maximum absolute atomic E-state index is 12.0. The molecule has 0 aliphatic carbocycles. The highest BCUT2D eigenvalue weighted by atomic mass is 35.5. The minimum atomic E-state index is -0.0776. The zero-order valence-electron chi connectivity index (χ0n) is 10.1. The number of hydrogen-bond donors (Lipinski definition) is 0. The summed E-state index contributed by atoms with van der Waals surface area (Å²) >= 11 is 6.02. The van der Waals surface area contributed by atoms with Crippen LogP contribution in [0.4, 0.5) is 0 Å². The average molecular weight is 241 g/mol. The van der Waals surface area contributed by atoms with Gasteiger partial charge in [0.15, 0.2) is 0 Å². The molecule has 0 aliphatic rings. The Morgan fingerprint density at radius 2 is 2.19 bits per heavy atom. The van der Waals surface area contributed by atoms with Crippen molar-refractivity contribution >= 4 is 17.5 Å². The summed E-state index contributed by atoms with van der Waals surface area (Å²) in [5.41, 5.74) is 1.28. The molecule has 0 atom stereocenters. The van der Waals surface area contributed by atoms with E-state index < -0.39 is 0 Å². The molecule has 0 spiro atoms. The Morgan fingerprint density at radius 3 is 2.69 bits per heavy atom. The number of rotatable bonds is 3. The zero-order chi connectivity index (χ0) is 12.3. The molecule has 0 bridgehead atoms. The van der Waals surface area contributed by atoms with Crippen molar-refractivity contribution in [3.05, 3.63) is 28.5 Å². The van der Waals surface area contributed by atoms with Crippen LogP contribution in [0.5, 0.6) is 0 Å². The van der Waals surface area contributed by atoms with Crippen LogP contribution in [-0.4, -0.2) is 29.4 Å². The summed E-state index contributed by atoms with van der Waals surface area (Å²) in [5, 5.41) is 0.466. The Balaban J connectivity index is 2.88. The van der Waals surface area contributed by atoms with Crippen molar-refractivity contribution in [1.82, 2.24) is 9.88 Å². The summed E-state index contributed by atoms with van der Waals surface area (Å²) in [5.74, 6) is 0.359. The Labute approximate surface area is 101 Å². The number of carbonyl (C=O) groups excluding carboxylic acids is 1. The first-order chi connectivity index (χ1) is 7.41. The number of pyridine rings is 1. The first-order valence-electron chi connectivity index (χ1n) is 5.29. The predicted octanol–water partition coefficient (Wildman–Crippen LogP) is 2.77. The molecule has 0 aliphatic heterocycles. The molecule has 0 unspecified atom stereocenters. The van der Waals surface area contributed by atoms with Gasteiger partial charge in [-0.3, -0.25) is 9.78 Å². The summed E-state index contributed by atoms with van der Waals surface area (Å²) in [6.45, 7) is 6.69. The summed E-state index contributed by atoms with van der Waals surface area (Å²) in [6.07, 6.45) is 1.54. The molecule has 3 nitrogen and oxygen atoms in total. The van der Waals surface area contributed by atoms with Gasteiger partial charge < -0.3 is 4.90 Å². The third-order valence-electron chi connectivity index (χ3n) is 2.21. The third kappa shape index (κ3) is 3.20. The lowest BCUT2D eigenvalue weighted by molar-refractivity contribution is 0.0779. The van der Waals surface area contributed by atoms with E-state index in [1.54, 1.807) is 18.0 Å². The molecule has 0 saturated carbocycles. The van der Waals surface area contributed by atoms with Crippen molar-refractivity contribution < 1.29 is 4.79 Å². The van der Waals surface area contributed by atoms with E-state index in [2.05, 4.69) is 18.8 Å². The molecular weight excluding hydrogens is 224 g/mol. The molecule has 0 aromatic carbocycles. The van der Waals surface area contributed by atoms with Crippen LogP contribution in [0.2, 0.25) is 5.02 Å². The van der Waals surface area contributed by atoms with Crippen LogP contribution in [0.1, 0.15) is 29.9 Å². The quantitative estimate of drug-likeness (QED) is 0.814. The number of aromatic nitrogens is 1. The van der Waals surface area contributed by atoms with Gasteiger partial charge in [0, 0.05) is 25.5 Å². The Bertz CT molecular complexity index is 391. The minimum Gasteiger partial charge on any atom is -0.341 e. The number of halogens is 1. The van der Waals surface area contributed by atoms with E-state index >= 15 is 0 Å². The highest BCUT2D eigenvalue weighted by molar-refractivity contribution is 6.33. The third-order valence-corrected chi connectivity index (χ3v) is 2.52. The van der Waals surface area contributed by atoms with E-state index in [0.29, 0.717) is 23.0 Å². The molecule has 0 saturated heterocycles. The smallest absolute Gasteiger partial charge is 0.256 e. The van der Waals surface area contributed by atoms with Gasteiger partial charge >= 0.3 is 0 Å². The van der Waals surface area contributed by atoms with Gasteiger partial charge in [-0.15, -0.1) is 0 Å². The lowest BCUT2D eigenvalue weighted by Gasteiger charge is -2.19. The Hall–Kier alpha value is -1.09. The van der Waals surface area contributed by atoms with Crippen LogP contribution in [0.25, 0.3) is 0 Å². The molecule has 88 valence electrons. The van der Waals surface area contributed by atoms with Crippen molar-refractivity contribution in [3.8, 4) is 0 Å². The zero-order valence-corrected chi connectivity index (χ0v) is 10.9. The molecular formula is C12H17ClN2O. The van der Waals surface area contributed by atoms with E-state index in [1.807, 2.05) is 6.92 Å².